The zero-order chi connectivity index (χ0) is 11.5. The molecular weight excluding hydrogens is 226 g/mol. The van der Waals surface area contributed by atoms with Crippen molar-refractivity contribution in [2.45, 2.75) is 6.04 Å². The summed E-state index contributed by atoms with van der Waals surface area (Å²) in [4.78, 5) is 23.0. The number of hydrogen-bond acceptors (Lipinski definition) is 4. The highest BCUT2D eigenvalue weighted by atomic mass is 32.1. The Balaban J connectivity index is 2.13. The van der Waals surface area contributed by atoms with Crippen LogP contribution in [0.3, 0.4) is 0 Å². The first kappa shape index (κ1) is 10.6. The van der Waals surface area contributed by atoms with Gasteiger partial charge in [0.05, 0.1) is 0 Å². The number of carbonyl (C=O) groups excluding carboxylic acids is 2. The summed E-state index contributed by atoms with van der Waals surface area (Å²) in [5.41, 5.74) is 0.700. The zero-order valence-electron chi connectivity index (χ0n) is 8.19. The molecule has 0 saturated carbocycles. The number of carbonyl (C=O) groups is 2. The van der Waals surface area contributed by atoms with E-state index in [-0.39, 0.29) is 5.11 Å². The van der Waals surface area contributed by atoms with Crippen LogP contribution in [0.4, 0.5) is 5.69 Å². The van der Waals surface area contributed by atoms with Crippen molar-refractivity contribution >= 4 is 34.8 Å². The van der Waals surface area contributed by atoms with E-state index in [4.69, 9.17) is 0 Å². The Hall–Kier alpha value is -1.95. The number of amides is 2. The van der Waals surface area contributed by atoms with Crippen LogP contribution >= 0.6 is 12.2 Å². The lowest BCUT2D eigenvalue weighted by Crippen LogP contribution is -2.61. The summed E-state index contributed by atoms with van der Waals surface area (Å²) < 4.78 is 0. The van der Waals surface area contributed by atoms with Gasteiger partial charge in [-0.1, -0.05) is 18.2 Å². The number of para-hydroxylation sites is 1. The molecule has 6 heteroatoms. The Morgan fingerprint density at radius 3 is 2.19 bits per heavy atom. The normalized spacial score (nSPS) is 16.6. The number of thiocarbonyl (C=S) groups is 1. The predicted molar refractivity (Wildman–Crippen MR) is 62.7 cm³/mol. The van der Waals surface area contributed by atoms with Gasteiger partial charge in [0, 0.05) is 5.69 Å². The highest BCUT2D eigenvalue weighted by Gasteiger charge is 2.32. The van der Waals surface area contributed by atoms with Gasteiger partial charge in [-0.05, 0) is 24.4 Å². The van der Waals surface area contributed by atoms with E-state index >= 15 is 0 Å². The van der Waals surface area contributed by atoms with Crippen LogP contribution in [-0.2, 0) is 9.59 Å². The van der Waals surface area contributed by atoms with Crippen LogP contribution < -0.4 is 16.0 Å². The van der Waals surface area contributed by atoms with Gasteiger partial charge in [-0.2, -0.15) is 0 Å². The fraction of sp³-hybridized carbons (Fsp3) is 0.100. The molecule has 16 heavy (non-hydrogen) atoms. The van der Waals surface area contributed by atoms with Gasteiger partial charge >= 0.3 is 0 Å². The van der Waals surface area contributed by atoms with Crippen LogP contribution in [0.2, 0.25) is 0 Å². The summed E-state index contributed by atoms with van der Waals surface area (Å²) in [5, 5.41) is 7.62. The quantitative estimate of drug-likeness (QED) is 0.498. The lowest BCUT2D eigenvalue weighted by Gasteiger charge is -2.23. The fourth-order valence-electron chi connectivity index (χ4n) is 1.35. The Kier molecular flexibility index (Phi) is 2.82. The second-order valence-electron chi connectivity index (χ2n) is 3.25. The molecule has 0 radical (unpaired) electrons. The van der Waals surface area contributed by atoms with Crippen LogP contribution in [-0.4, -0.2) is 23.0 Å². The van der Waals surface area contributed by atoms with Gasteiger partial charge in [-0.3, -0.25) is 9.59 Å². The Bertz CT molecular complexity index is 427. The second kappa shape index (κ2) is 4.28. The van der Waals surface area contributed by atoms with E-state index in [1.807, 2.05) is 18.2 Å². The molecule has 0 aromatic heterocycles. The van der Waals surface area contributed by atoms with Crippen LogP contribution in [0.15, 0.2) is 30.3 Å². The first-order chi connectivity index (χ1) is 7.66. The summed E-state index contributed by atoms with van der Waals surface area (Å²) >= 11 is 4.69. The topological polar surface area (TPSA) is 70.2 Å². The fourth-order valence-corrected chi connectivity index (χ4v) is 1.55. The molecule has 0 bridgehead atoms. The van der Waals surface area contributed by atoms with Crippen LogP contribution in [0, 0.1) is 0 Å². The Labute approximate surface area is 97.2 Å². The maximum absolute atomic E-state index is 11.5. The van der Waals surface area contributed by atoms with Crippen LogP contribution in [0.1, 0.15) is 0 Å². The molecule has 0 aliphatic carbocycles. The molecule has 0 atom stereocenters. The molecule has 0 unspecified atom stereocenters. The third-order valence-electron chi connectivity index (χ3n) is 2.08. The molecule has 3 N–H and O–H groups in total. The molecule has 2 rings (SSSR count). The second-order valence-corrected chi connectivity index (χ2v) is 3.66. The van der Waals surface area contributed by atoms with Crippen LogP contribution in [0.25, 0.3) is 0 Å². The third kappa shape index (κ3) is 2.17. The summed E-state index contributed by atoms with van der Waals surface area (Å²) in [7, 11) is 0. The summed E-state index contributed by atoms with van der Waals surface area (Å²) in [5.74, 6) is -0.893. The number of hydrogen-bond donors (Lipinski definition) is 3. The molecule has 1 heterocycles. The van der Waals surface area contributed by atoms with Gasteiger partial charge in [0.1, 0.15) is 0 Å². The molecule has 82 valence electrons. The maximum Gasteiger partial charge on any atom is 0.258 e. The zero-order valence-corrected chi connectivity index (χ0v) is 9.01. The highest BCUT2D eigenvalue weighted by Crippen LogP contribution is 2.08. The highest BCUT2D eigenvalue weighted by molar-refractivity contribution is 7.80. The Morgan fingerprint density at radius 1 is 1.06 bits per heavy atom. The van der Waals surface area contributed by atoms with Crippen molar-refractivity contribution in [1.29, 1.82) is 0 Å². The van der Waals surface area contributed by atoms with E-state index in [0.29, 0.717) is 5.69 Å². The summed E-state index contributed by atoms with van der Waals surface area (Å²) in [6, 6.07) is 8.06. The van der Waals surface area contributed by atoms with Crippen molar-refractivity contribution in [2.75, 3.05) is 5.32 Å². The average molecular weight is 235 g/mol. The SMILES string of the molecule is O=C1NC(=S)NC(=O)C1Nc1ccccc1. The molecule has 1 fully saturated rings. The van der Waals surface area contributed by atoms with Crippen molar-refractivity contribution in [3.63, 3.8) is 0 Å². The first-order valence-electron chi connectivity index (χ1n) is 4.64. The average Bonchev–Trinajstić information content (AvgIpc) is 2.25. The number of rotatable bonds is 2. The molecule has 0 spiro atoms. The lowest BCUT2D eigenvalue weighted by atomic mass is 10.2. The molecular formula is C10H9N3O2S. The molecule has 5 nitrogen and oxygen atoms in total. The number of nitrogens with one attached hydrogen (secondary N) is 3. The number of anilines is 1. The summed E-state index contributed by atoms with van der Waals surface area (Å²) in [6.07, 6.45) is 0. The van der Waals surface area contributed by atoms with E-state index in [9.17, 15) is 9.59 Å². The van der Waals surface area contributed by atoms with E-state index in [1.54, 1.807) is 12.1 Å². The largest absolute Gasteiger partial charge is 0.366 e. The minimum Gasteiger partial charge on any atom is -0.366 e. The molecule has 1 aliphatic heterocycles. The lowest BCUT2D eigenvalue weighted by molar-refractivity contribution is -0.130. The number of benzene rings is 1. The van der Waals surface area contributed by atoms with Gasteiger partial charge in [0.25, 0.3) is 11.8 Å². The van der Waals surface area contributed by atoms with Crippen molar-refractivity contribution in [3.05, 3.63) is 30.3 Å². The van der Waals surface area contributed by atoms with Gasteiger partial charge in [0.2, 0.25) is 0 Å². The molecule has 1 aromatic rings. The van der Waals surface area contributed by atoms with Crippen molar-refractivity contribution in [1.82, 2.24) is 10.6 Å². The minimum atomic E-state index is -0.950. The minimum absolute atomic E-state index is 0.0427. The predicted octanol–water partition coefficient (Wildman–Crippen LogP) is -0.00200. The molecule has 1 saturated heterocycles. The van der Waals surface area contributed by atoms with E-state index in [2.05, 4.69) is 28.2 Å². The smallest absolute Gasteiger partial charge is 0.258 e. The third-order valence-corrected chi connectivity index (χ3v) is 2.29. The monoisotopic (exact) mass is 235 g/mol. The molecule has 2 amide bonds. The van der Waals surface area contributed by atoms with Gasteiger partial charge in [0.15, 0.2) is 11.2 Å². The molecule has 1 aliphatic rings. The van der Waals surface area contributed by atoms with Crippen LogP contribution in [0.5, 0.6) is 0 Å². The van der Waals surface area contributed by atoms with Crippen molar-refractivity contribution in [2.24, 2.45) is 0 Å². The van der Waals surface area contributed by atoms with E-state index in [0.717, 1.165) is 0 Å². The van der Waals surface area contributed by atoms with Crippen molar-refractivity contribution < 1.29 is 9.59 Å². The molecule has 1 aromatic carbocycles. The van der Waals surface area contributed by atoms with E-state index in [1.165, 1.54) is 0 Å². The van der Waals surface area contributed by atoms with E-state index < -0.39 is 17.9 Å². The Morgan fingerprint density at radius 2 is 1.62 bits per heavy atom. The van der Waals surface area contributed by atoms with Gasteiger partial charge in [-0.25, -0.2) is 0 Å². The van der Waals surface area contributed by atoms with Gasteiger partial charge in [-0.15, -0.1) is 0 Å². The first-order valence-corrected chi connectivity index (χ1v) is 5.05. The van der Waals surface area contributed by atoms with Gasteiger partial charge < -0.3 is 16.0 Å². The maximum atomic E-state index is 11.5. The standard InChI is InChI=1S/C10H9N3O2S/c14-8-7(9(15)13-10(16)12-8)11-6-4-2-1-3-5-6/h1-5,7,11H,(H2,12,13,14,15,16). The summed E-state index contributed by atoms with van der Waals surface area (Å²) in [6.45, 7) is 0. The van der Waals surface area contributed by atoms with Crippen molar-refractivity contribution in [3.8, 4) is 0 Å².